The number of carbonyl (C=O) groups is 1. The van der Waals surface area contributed by atoms with Gasteiger partial charge < -0.3 is 10.2 Å². The summed E-state index contributed by atoms with van der Waals surface area (Å²) in [6.07, 6.45) is 3.42. The summed E-state index contributed by atoms with van der Waals surface area (Å²) in [4.78, 5) is 11.9. The molecule has 2 aromatic rings. The predicted octanol–water partition coefficient (Wildman–Crippen LogP) is 3.05. The van der Waals surface area contributed by atoms with Crippen molar-refractivity contribution in [3.8, 4) is 0 Å². The molecule has 2 N–H and O–H groups in total. The van der Waals surface area contributed by atoms with Crippen LogP contribution >= 0.6 is 15.9 Å². The zero-order valence-electron chi connectivity index (χ0n) is 8.44. The fraction of sp³-hybridized carbons (Fsp3) is 0.0833. The van der Waals surface area contributed by atoms with Crippen molar-refractivity contribution in [2.24, 2.45) is 0 Å². The van der Waals surface area contributed by atoms with E-state index in [0.29, 0.717) is 17.7 Å². The summed E-state index contributed by atoms with van der Waals surface area (Å²) in [7, 11) is 0. The van der Waals surface area contributed by atoms with Crippen LogP contribution in [0.25, 0.3) is 0 Å². The van der Waals surface area contributed by atoms with Gasteiger partial charge in [0.25, 0.3) is 0 Å². The van der Waals surface area contributed by atoms with Crippen molar-refractivity contribution in [2.45, 2.75) is 6.42 Å². The third kappa shape index (κ3) is 2.33. The summed E-state index contributed by atoms with van der Waals surface area (Å²) in [5, 5.41) is 0. The van der Waals surface area contributed by atoms with Crippen LogP contribution in [0.3, 0.4) is 0 Å². The van der Waals surface area contributed by atoms with Crippen LogP contribution < -0.4 is 5.73 Å². The van der Waals surface area contributed by atoms with E-state index in [1.807, 2.05) is 0 Å². The van der Waals surface area contributed by atoms with Gasteiger partial charge in [-0.15, -0.1) is 0 Å². The Morgan fingerprint density at radius 1 is 1.38 bits per heavy atom. The van der Waals surface area contributed by atoms with Gasteiger partial charge in [0.2, 0.25) is 0 Å². The fourth-order valence-electron chi connectivity index (χ4n) is 1.46. The molecule has 1 aromatic carbocycles. The van der Waals surface area contributed by atoms with E-state index in [1.54, 1.807) is 36.8 Å². The molecule has 0 unspecified atom stereocenters. The minimum absolute atomic E-state index is 0.00796. The Labute approximate surface area is 101 Å². The first kappa shape index (κ1) is 11.0. The van der Waals surface area contributed by atoms with Crippen LogP contribution in [-0.4, -0.2) is 5.78 Å². The minimum Gasteiger partial charge on any atom is -0.472 e. The zero-order chi connectivity index (χ0) is 11.5. The molecule has 82 valence electrons. The van der Waals surface area contributed by atoms with E-state index in [0.717, 1.165) is 10.0 Å². The standard InChI is InChI=1S/C12H10BrNO2/c13-9-1-2-10(11(14)6-9)12(15)5-8-3-4-16-7-8/h1-4,6-7H,5,14H2. The van der Waals surface area contributed by atoms with Gasteiger partial charge >= 0.3 is 0 Å². The van der Waals surface area contributed by atoms with Gasteiger partial charge in [0.05, 0.1) is 12.5 Å². The van der Waals surface area contributed by atoms with Crippen LogP contribution in [0.4, 0.5) is 5.69 Å². The van der Waals surface area contributed by atoms with Crippen molar-refractivity contribution < 1.29 is 9.21 Å². The number of hydrogen-bond acceptors (Lipinski definition) is 3. The molecule has 0 aliphatic carbocycles. The molecule has 0 amide bonds. The predicted molar refractivity (Wildman–Crippen MR) is 65.3 cm³/mol. The molecule has 2 rings (SSSR count). The van der Waals surface area contributed by atoms with E-state index >= 15 is 0 Å². The fourth-order valence-corrected chi connectivity index (χ4v) is 1.84. The Balaban J connectivity index is 2.21. The molecule has 0 bridgehead atoms. The largest absolute Gasteiger partial charge is 0.472 e. The summed E-state index contributed by atoms with van der Waals surface area (Å²) in [6.45, 7) is 0. The maximum atomic E-state index is 11.9. The van der Waals surface area contributed by atoms with Crippen molar-refractivity contribution in [3.63, 3.8) is 0 Å². The van der Waals surface area contributed by atoms with E-state index < -0.39 is 0 Å². The van der Waals surface area contributed by atoms with Gasteiger partial charge in [0.15, 0.2) is 5.78 Å². The number of benzene rings is 1. The van der Waals surface area contributed by atoms with Crippen LogP contribution in [0.2, 0.25) is 0 Å². The van der Waals surface area contributed by atoms with Gasteiger partial charge in [-0.05, 0) is 29.8 Å². The molecular formula is C12H10BrNO2. The van der Waals surface area contributed by atoms with Crippen LogP contribution in [0.15, 0.2) is 45.7 Å². The van der Waals surface area contributed by atoms with Gasteiger partial charge in [-0.2, -0.15) is 0 Å². The summed E-state index contributed by atoms with van der Waals surface area (Å²) in [6, 6.07) is 7.02. The zero-order valence-corrected chi connectivity index (χ0v) is 10.0. The Kier molecular flexibility index (Phi) is 3.10. The first-order valence-corrected chi connectivity index (χ1v) is 5.55. The number of nitrogen functional groups attached to an aromatic ring is 1. The summed E-state index contributed by atoms with van der Waals surface area (Å²) in [5.74, 6) is -0.00796. The van der Waals surface area contributed by atoms with E-state index in [9.17, 15) is 4.79 Å². The van der Waals surface area contributed by atoms with Crippen LogP contribution in [0.5, 0.6) is 0 Å². The minimum atomic E-state index is -0.00796. The monoisotopic (exact) mass is 279 g/mol. The molecule has 0 spiro atoms. The first-order valence-electron chi connectivity index (χ1n) is 4.76. The van der Waals surface area contributed by atoms with E-state index in [-0.39, 0.29) is 5.78 Å². The Morgan fingerprint density at radius 2 is 2.19 bits per heavy atom. The summed E-state index contributed by atoms with van der Waals surface area (Å²) in [5.41, 5.74) is 7.67. The summed E-state index contributed by atoms with van der Waals surface area (Å²) >= 11 is 3.30. The lowest BCUT2D eigenvalue weighted by atomic mass is 10.0. The lowest BCUT2D eigenvalue weighted by molar-refractivity contribution is 0.0993. The first-order chi connectivity index (χ1) is 7.66. The average molecular weight is 280 g/mol. The smallest absolute Gasteiger partial charge is 0.169 e. The molecule has 0 saturated carbocycles. The number of furan rings is 1. The number of Topliss-reactive ketones (excluding diaryl/α,β-unsaturated/α-hetero) is 1. The number of carbonyl (C=O) groups excluding carboxylic acids is 1. The number of hydrogen-bond donors (Lipinski definition) is 1. The topological polar surface area (TPSA) is 56.2 Å². The molecule has 0 aliphatic heterocycles. The molecule has 0 radical (unpaired) electrons. The second-order valence-electron chi connectivity index (χ2n) is 3.46. The third-order valence-corrected chi connectivity index (χ3v) is 2.75. The second kappa shape index (κ2) is 4.53. The average Bonchev–Trinajstić information content (AvgIpc) is 2.70. The van der Waals surface area contributed by atoms with Gasteiger partial charge in [0.1, 0.15) is 0 Å². The number of halogens is 1. The Bertz CT molecular complexity index is 506. The van der Waals surface area contributed by atoms with Gasteiger partial charge in [-0.25, -0.2) is 0 Å². The van der Waals surface area contributed by atoms with E-state index in [4.69, 9.17) is 10.2 Å². The molecule has 0 fully saturated rings. The molecular weight excluding hydrogens is 270 g/mol. The molecule has 1 heterocycles. The molecule has 4 heteroatoms. The van der Waals surface area contributed by atoms with Crippen molar-refractivity contribution >= 4 is 27.4 Å². The highest BCUT2D eigenvalue weighted by Crippen LogP contribution is 2.20. The maximum absolute atomic E-state index is 11.9. The third-order valence-electron chi connectivity index (χ3n) is 2.26. The lowest BCUT2D eigenvalue weighted by Gasteiger charge is -2.04. The summed E-state index contributed by atoms with van der Waals surface area (Å²) < 4.78 is 5.78. The highest BCUT2D eigenvalue weighted by atomic mass is 79.9. The van der Waals surface area contributed by atoms with Crippen LogP contribution in [0, 0.1) is 0 Å². The van der Waals surface area contributed by atoms with Crippen molar-refractivity contribution in [1.29, 1.82) is 0 Å². The van der Waals surface area contributed by atoms with Crippen molar-refractivity contribution in [1.82, 2.24) is 0 Å². The van der Waals surface area contributed by atoms with Crippen molar-refractivity contribution in [2.75, 3.05) is 5.73 Å². The normalized spacial score (nSPS) is 10.3. The maximum Gasteiger partial charge on any atom is 0.169 e. The number of anilines is 1. The second-order valence-corrected chi connectivity index (χ2v) is 4.38. The van der Waals surface area contributed by atoms with Crippen molar-refractivity contribution in [3.05, 3.63) is 52.4 Å². The van der Waals surface area contributed by atoms with Gasteiger partial charge in [-0.3, -0.25) is 4.79 Å². The molecule has 0 atom stereocenters. The number of ketones is 1. The Hall–Kier alpha value is -1.55. The number of nitrogens with two attached hydrogens (primary N) is 1. The van der Waals surface area contributed by atoms with Crippen LogP contribution in [0.1, 0.15) is 15.9 Å². The lowest BCUT2D eigenvalue weighted by Crippen LogP contribution is -2.06. The van der Waals surface area contributed by atoms with Gasteiger partial charge in [-0.1, -0.05) is 15.9 Å². The van der Waals surface area contributed by atoms with Gasteiger partial charge in [0, 0.05) is 22.1 Å². The Morgan fingerprint density at radius 3 is 2.81 bits per heavy atom. The molecule has 0 saturated heterocycles. The molecule has 0 aliphatic rings. The molecule has 3 nitrogen and oxygen atoms in total. The van der Waals surface area contributed by atoms with E-state index in [1.165, 1.54) is 0 Å². The molecule has 16 heavy (non-hydrogen) atoms. The number of rotatable bonds is 3. The quantitative estimate of drug-likeness (QED) is 0.694. The highest BCUT2D eigenvalue weighted by Gasteiger charge is 2.11. The van der Waals surface area contributed by atoms with Crippen LogP contribution in [-0.2, 0) is 6.42 Å². The molecule has 1 aromatic heterocycles. The van der Waals surface area contributed by atoms with E-state index in [2.05, 4.69) is 15.9 Å². The SMILES string of the molecule is Nc1cc(Br)ccc1C(=O)Cc1ccoc1. The highest BCUT2D eigenvalue weighted by molar-refractivity contribution is 9.10.